The first kappa shape index (κ1) is 18.4. The number of halogens is 1. The van der Waals surface area contributed by atoms with Crippen molar-refractivity contribution >= 4 is 28.8 Å². The molecule has 0 bridgehead atoms. The van der Waals surface area contributed by atoms with Gasteiger partial charge in [0.05, 0.1) is 6.04 Å². The number of hydrogen-bond donors (Lipinski definition) is 1. The van der Waals surface area contributed by atoms with Gasteiger partial charge in [-0.3, -0.25) is 9.59 Å². The lowest BCUT2D eigenvalue weighted by Gasteiger charge is -2.35. The average Bonchev–Trinajstić information content (AvgIpc) is 3.17. The lowest BCUT2D eigenvalue weighted by molar-refractivity contribution is -0.130. The number of fused-ring (bicyclic) bond motifs is 1. The highest BCUT2D eigenvalue weighted by Crippen LogP contribution is 2.38. The van der Waals surface area contributed by atoms with Crippen LogP contribution in [0.15, 0.2) is 60.0 Å². The largest absolute Gasteiger partial charge is 0.331 e. The minimum Gasteiger partial charge on any atom is -0.331 e. The Hall–Kier alpha value is -2.99. The third kappa shape index (κ3) is 3.55. The molecule has 1 atom stereocenters. The molecule has 6 heteroatoms. The lowest BCUT2D eigenvalue weighted by Crippen LogP contribution is -2.38. The van der Waals surface area contributed by atoms with Crippen molar-refractivity contribution in [3.8, 4) is 0 Å². The molecular formula is C22H19FN2O2S. The van der Waals surface area contributed by atoms with Crippen LogP contribution in [0, 0.1) is 5.82 Å². The standard InChI is InChI=1S/C22H19FN2O2S/c1-14(26)25-12-10-20-19(11-13-28-20)21(25)15-4-8-18(9-5-15)24-22(27)16-2-6-17(23)7-3-16/h2-9,11,13,21H,10,12H2,1H3,(H,24,27). The summed E-state index contributed by atoms with van der Waals surface area (Å²) >= 11 is 1.73. The summed E-state index contributed by atoms with van der Waals surface area (Å²) in [5.41, 5.74) is 3.22. The van der Waals surface area contributed by atoms with Crippen molar-refractivity contribution in [1.82, 2.24) is 4.90 Å². The first-order valence-electron chi connectivity index (χ1n) is 9.03. The minimum atomic E-state index is -0.379. The fourth-order valence-electron chi connectivity index (χ4n) is 3.57. The quantitative estimate of drug-likeness (QED) is 0.704. The minimum absolute atomic E-state index is 0.0514. The zero-order chi connectivity index (χ0) is 19.7. The van der Waals surface area contributed by atoms with E-state index in [0.717, 1.165) is 12.0 Å². The van der Waals surface area contributed by atoms with E-state index in [1.165, 1.54) is 34.7 Å². The molecule has 0 saturated heterocycles. The van der Waals surface area contributed by atoms with E-state index in [4.69, 9.17) is 0 Å². The summed E-state index contributed by atoms with van der Waals surface area (Å²) in [6.45, 7) is 2.30. The van der Waals surface area contributed by atoms with Crippen LogP contribution >= 0.6 is 11.3 Å². The number of hydrogen-bond acceptors (Lipinski definition) is 3. The van der Waals surface area contributed by atoms with Crippen molar-refractivity contribution in [1.29, 1.82) is 0 Å². The molecule has 1 aliphatic heterocycles. The molecule has 0 fully saturated rings. The summed E-state index contributed by atoms with van der Waals surface area (Å²) in [7, 11) is 0. The zero-order valence-corrected chi connectivity index (χ0v) is 16.1. The third-order valence-electron chi connectivity index (χ3n) is 4.96. The van der Waals surface area contributed by atoms with Crippen LogP contribution in [0.3, 0.4) is 0 Å². The van der Waals surface area contributed by atoms with E-state index in [0.29, 0.717) is 17.8 Å². The molecule has 0 radical (unpaired) electrons. The van der Waals surface area contributed by atoms with Crippen LogP contribution in [-0.4, -0.2) is 23.3 Å². The molecule has 0 saturated carbocycles. The van der Waals surface area contributed by atoms with Gasteiger partial charge in [-0.25, -0.2) is 4.39 Å². The molecule has 1 aliphatic rings. The molecule has 1 unspecified atom stereocenters. The van der Waals surface area contributed by atoms with E-state index >= 15 is 0 Å². The zero-order valence-electron chi connectivity index (χ0n) is 15.3. The Kier molecular flexibility index (Phi) is 4.96. The predicted molar refractivity (Wildman–Crippen MR) is 108 cm³/mol. The average molecular weight is 394 g/mol. The van der Waals surface area contributed by atoms with E-state index in [2.05, 4.69) is 16.8 Å². The van der Waals surface area contributed by atoms with Gasteiger partial charge in [0.25, 0.3) is 5.91 Å². The number of anilines is 1. The summed E-state index contributed by atoms with van der Waals surface area (Å²) in [6, 6.07) is 14.9. The Morgan fingerprint density at radius 2 is 1.79 bits per heavy atom. The molecule has 142 valence electrons. The fourth-order valence-corrected chi connectivity index (χ4v) is 4.47. The summed E-state index contributed by atoms with van der Waals surface area (Å²) in [6.07, 6.45) is 0.884. The number of amides is 2. The van der Waals surface area contributed by atoms with Gasteiger partial charge in [-0.2, -0.15) is 0 Å². The van der Waals surface area contributed by atoms with Crippen molar-refractivity contribution in [2.24, 2.45) is 0 Å². The fraction of sp³-hybridized carbons (Fsp3) is 0.182. The van der Waals surface area contributed by atoms with Gasteiger partial charge >= 0.3 is 0 Å². The number of benzene rings is 2. The summed E-state index contributed by atoms with van der Waals surface area (Å²) in [5, 5.41) is 4.88. The molecule has 2 heterocycles. The second-order valence-electron chi connectivity index (χ2n) is 6.75. The number of rotatable bonds is 3. The van der Waals surface area contributed by atoms with Crippen LogP contribution in [0.5, 0.6) is 0 Å². The molecule has 0 spiro atoms. The summed E-state index contributed by atoms with van der Waals surface area (Å²) < 4.78 is 13.0. The number of carbonyl (C=O) groups excluding carboxylic acids is 2. The first-order valence-corrected chi connectivity index (χ1v) is 9.91. The second kappa shape index (κ2) is 7.56. The van der Waals surface area contributed by atoms with Gasteiger partial charge < -0.3 is 10.2 Å². The van der Waals surface area contributed by atoms with Crippen LogP contribution < -0.4 is 5.32 Å². The number of nitrogens with one attached hydrogen (secondary N) is 1. The first-order chi connectivity index (χ1) is 13.5. The summed E-state index contributed by atoms with van der Waals surface area (Å²) in [5.74, 6) is -0.623. The molecule has 1 aromatic heterocycles. The molecule has 2 aromatic carbocycles. The smallest absolute Gasteiger partial charge is 0.255 e. The topological polar surface area (TPSA) is 49.4 Å². The molecular weight excluding hydrogens is 375 g/mol. The van der Waals surface area contributed by atoms with Gasteiger partial charge in [0.15, 0.2) is 0 Å². The van der Waals surface area contributed by atoms with Crippen molar-refractivity contribution in [3.63, 3.8) is 0 Å². The van der Waals surface area contributed by atoms with Gasteiger partial charge in [-0.05, 0) is 65.4 Å². The van der Waals surface area contributed by atoms with Crippen LogP contribution in [0.1, 0.15) is 39.3 Å². The Morgan fingerprint density at radius 1 is 1.07 bits per heavy atom. The molecule has 1 N–H and O–H groups in total. The molecule has 0 aliphatic carbocycles. The van der Waals surface area contributed by atoms with E-state index in [-0.39, 0.29) is 23.7 Å². The summed E-state index contributed by atoms with van der Waals surface area (Å²) in [4.78, 5) is 27.7. The van der Waals surface area contributed by atoms with Gasteiger partial charge in [0, 0.05) is 29.6 Å². The second-order valence-corrected chi connectivity index (χ2v) is 7.75. The maximum Gasteiger partial charge on any atom is 0.255 e. The van der Waals surface area contributed by atoms with E-state index in [9.17, 15) is 14.0 Å². The SMILES string of the molecule is CC(=O)N1CCc2sccc2C1c1ccc(NC(=O)c2ccc(F)cc2)cc1. The number of thiophene rings is 1. The van der Waals surface area contributed by atoms with Crippen LogP contribution in [0.2, 0.25) is 0 Å². The van der Waals surface area contributed by atoms with E-state index in [1.54, 1.807) is 18.3 Å². The third-order valence-corrected chi connectivity index (χ3v) is 5.96. The van der Waals surface area contributed by atoms with Gasteiger partial charge in [0.1, 0.15) is 5.82 Å². The Balaban J connectivity index is 1.56. The van der Waals surface area contributed by atoms with Crippen molar-refractivity contribution < 1.29 is 14.0 Å². The highest BCUT2D eigenvalue weighted by atomic mass is 32.1. The molecule has 2 amide bonds. The molecule has 4 nitrogen and oxygen atoms in total. The number of nitrogens with zero attached hydrogens (tertiary/aromatic N) is 1. The highest BCUT2D eigenvalue weighted by Gasteiger charge is 2.31. The highest BCUT2D eigenvalue weighted by molar-refractivity contribution is 7.10. The lowest BCUT2D eigenvalue weighted by atomic mass is 9.93. The van der Waals surface area contributed by atoms with Crippen LogP contribution in [0.4, 0.5) is 10.1 Å². The van der Waals surface area contributed by atoms with Crippen molar-refractivity contribution in [2.45, 2.75) is 19.4 Å². The maximum absolute atomic E-state index is 13.0. The normalized spacial score (nSPS) is 15.8. The predicted octanol–water partition coefficient (Wildman–Crippen LogP) is 4.63. The Bertz CT molecular complexity index is 1010. The maximum atomic E-state index is 13.0. The number of carbonyl (C=O) groups is 2. The van der Waals surface area contributed by atoms with Crippen LogP contribution in [-0.2, 0) is 11.2 Å². The van der Waals surface area contributed by atoms with Gasteiger partial charge in [-0.15, -0.1) is 11.3 Å². The monoisotopic (exact) mass is 394 g/mol. The Labute approximate surface area is 166 Å². The molecule has 3 aromatic rings. The molecule has 4 rings (SSSR count). The van der Waals surface area contributed by atoms with Gasteiger partial charge in [0.2, 0.25) is 5.91 Å². The van der Waals surface area contributed by atoms with Gasteiger partial charge in [-0.1, -0.05) is 12.1 Å². The van der Waals surface area contributed by atoms with E-state index < -0.39 is 0 Å². The van der Waals surface area contributed by atoms with E-state index in [1.807, 2.05) is 29.2 Å². The Morgan fingerprint density at radius 3 is 2.46 bits per heavy atom. The van der Waals surface area contributed by atoms with Crippen molar-refractivity contribution in [2.75, 3.05) is 11.9 Å². The van der Waals surface area contributed by atoms with Crippen LogP contribution in [0.25, 0.3) is 0 Å². The molecule has 28 heavy (non-hydrogen) atoms. The van der Waals surface area contributed by atoms with Crippen molar-refractivity contribution in [3.05, 3.63) is 87.4 Å².